The highest BCUT2D eigenvalue weighted by Crippen LogP contribution is 2.24. The van der Waals surface area contributed by atoms with Crippen molar-refractivity contribution in [2.45, 2.75) is 27.7 Å². The SMILES string of the molecule is CC(=O)Nc1ccc(NS(C)(=O)=O)c(C(=O)Nc2cccc(NC(=O)C(C)(C)C)c2)c1. The Morgan fingerprint density at radius 3 is 1.97 bits per heavy atom. The van der Waals surface area contributed by atoms with E-state index in [1.165, 1.54) is 25.1 Å². The monoisotopic (exact) mass is 446 g/mol. The Balaban J connectivity index is 2.32. The molecule has 0 heterocycles. The van der Waals surface area contributed by atoms with Crippen molar-refractivity contribution in [3.8, 4) is 0 Å². The second kappa shape index (κ2) is 9.17. The van der Waals surface area contributed by atoms with Gasteiger partial charge < -0.3 is 16.0 Å². The minimum absolute atomic E-state index is 0.0146. The van der Waals surface area contributed by atoms with Gasteiger partial charge >= 0.3 is 0 Å². The number of nitrogens with one attached hydrogen (secondary N) is 4. The van der Waals surface area contributed by atoms with E-state index in [-0.39, 0.29) is 23.1 Å². The van der Waals surface area contributed by atoms with E-state index in [0.717, 1.165) is 6.26 Å². The molecule has 0 aromatic heterocycles. The second-order valence-corrected chi connectivity index (χ2v) is 9.80. The molecule has 0 radical (unpaired) electrons. The average molecular weight is 447 g/mol. The van der Waals surface area contributed by atoms with Crippen molar-refractivity contribution in [3.63, 3.8) is 0 Å². The quantitative estimate of drug-likeness (QED) is 0.540. The van der Waals surface area contributed by atoms with E-state index in [2.05, 4.69) is 20.7 Å². The van der Waals surface area contributed by atoms with Gasteiger partial charge in [0, 0.05) is 29.4 Å². The van der Waals surface area contributed by atoms with Gasteiger partial charge in [0.2, 0.25) is 21.8 Å². The van der Waals surface area contributed by atoms with Crippen LogP contribution in [-0.4, -0.2) is 32.4 Å². The molecule has 0 aliphatic rings. The summed E-state index contributed by atoms with van der Waals surface area (Å²) in [6, 6.07) is 10.8. The second-order valence-electron chi connectivity index (χ2n) is 8.05. The van der Waals surface area contributed by atoms with Crippen LogP contribution in [0.4, 0.5) is 22.7 Å². The summed E-state index contributed by atoms with van der Waals surface area (Å²) in [5.41, 5.74) is 0.719. The normalized spacial score (nSPS) is 11.4. The number of rotatable bonds is 6. The summed E-state index contributed by atoms with van der Waals surface area (Å²) in [4.78, 5) is 36.4. The molecule has 0 aliphatic heterocycles. The summed E-state index contributed by atoms with van der Waals surface area (Å²) in [6.07, 6.45) is 0.970. The number of hydrogen-bond acceptors (Lipinski definition) is 5. The zero-order valence-corrected chi connectivity index (χ0v) is 18.8. The van der Waals surface area contributed by atoms with E-state index in [1.54, 1.807) is 45.0 Å². The Labute approximate surface area is 181 Å². The van der Waals surface area contributed by atoms with Gasteiger partial charge in [0.15, 0.2) is 0 Å². The van der Waals surface area contributed by atoms with E-state index >= 15 is 0 Å². The summed E-state index contributed by atoms with van der Waals surface area (Å²) in [5, 5.41) is 8.01. The standard InChI is InChI=1S/C21H26N4O5S/c1-13(26)22-16-9-10-18(25-31(5,29)30)17(12-16)19(27)23-14-7-6-8-15(11-14)24-20(28)21(2,3)4/h6-12,25H,1-5H3,(H,22,26)(H,23,27)(H,24,28). The maximum Gasteiger partial charge on any atom is 0.257 e. The number of anilines is 4. The van der Waals surface area contributed by atoms with E-state index < -0.39 is 21.3 Å². The van der Waals surface area contributed by atoms with Crippen molar-refractivity contribution in [1.29, 1.82) is 0 Å². The molecule has 0 aliphatic carbocycles. The Morgan fingerprint density at radius 2 is 1.42 bits per heavy atom. The van der Waals surface area contributed by atoms with Crippen LogP contribution in [0, 0.1) is 5.41 Å². The van der Waals surface area contributed by atoms with Crippen molar-refractivity contribution in [1.82, 2.24) is 0 Å². The molecule has 4 N–H and O–H groups in total. The fourth-order valence-electron chi connectivity index (χ4n) is 2.49. The molecule has 0 saturated carbocycles. The number of carbonyl (C=O) groups excluding carboxylic acids is 3. The van der Waals surface area contributed by atoms with Gasteiger partial charge in [0.05, 0.1) is 17.5 Å². The predicted molar refractivity (Wildman–Crippen MR) is 122 cm³/mol. The molecule has 2 rings (SSSR count). The molecular weight excluding hydrogens is 420 g/mol. The minimum Gasteiger partial charge on any atom is -0.326 e. The van der Waals surface area contributed by atoms with Gasteiger partial charge in [0.1, 0.15) is 0 Å². The lowest BCUT2D eigenvalue weighted by Gasteiger charge is -2.18. The molecule has 0 saturated heterocycles. The first-order valence-corrected chi connectivity index (χ1v) is 11.3. The molecule has 9 nitrogen and oxygen atoms in total. The van der Waals surface area contributed by atoms with Crippen LogP contribution < -0.4 is 20.7 Å². The predicted octanol–water partition coefficient (Wildman–Crippen LogP) is 3.25. The smallest absolute Gasteiger partial charge is 0.257 e. The first-order chi connectivity index (χ1) is 14.2. The summed E-state index contributed by atoms with van der Waals surface area (Å²) in [5.74, 6) is -1.12. The van der Waals surface area contributed by atoms with Gasteiger partial charge in [-0.2, -0.15) is 0 Å². The topological polar surface area (TPSA) is 133 Å². The number of amides is 3. The van der Waals surface area contributed by atoms with Crippen molar-refractivity contribution in [3.05, 3.63) is 48.0 Å². The first kappa shape index (κ1) is 23.9. The Kier molecular flexibility index (Phi) is 7.06. The molecule has 2 aromatic carbocycles. The van der Waals surface area contributed by atoms with Gasteiger partial charge in [-0.25, -0.2) is 8.42 Å². The number of benzene rings is 2. The van der Waals surface area contributed by atoms with Crippen LogP contribution in [0.15, 0.2) is 42.5 Å². The Bertz CT molecular complexity index is 1120. The minimum atomic E-state index is -3.64. The Morgan fingerprint density at radius 1 is 0.839 bits per heavy atom. The number of carbonyl (C=O) groups is 3. The zero-order valence-electron chi connectivity index (χ0n) is 18.0. The third-order valence-electron chi connectivity index (χ3n) is 3.94. The maximum atomic E-state index is 12.9. The molecule has 2 aromatic rings. The van der Waals surface area contributed by atoms with Crippen LogP contribution in [0.5, 0.6) is 0 Å². The molecule has 0 spiro atoms. The van der Waals surface area contributed by atoms with Gasteiger partial charge in [-0.1, -0.05) is 26.8 Å². The van der Waals surface area contributed by atoms with Crippen molar-refractivity contribution >= 4 is 50.5 Å². The molecule has 31 heavy (non-hydrogen) atoms. The molecular formula is C21H26N4O5S. The summed E-state index contributed by atoms with van der Waals surface area (Å²) >= 11 is 0. The molecule has 0 bridgehead atoms. The summed E-state index contributed by atoms with van der Waals surface area (Å²) in [6.45, 7) is 6.67. The largest absolute Gasteiger partial charge is 0.326 e. The highest BCUT2D eigenvalue weighted by Gasteiger charge is 2.21. The lowest BCUT2D eigenvalue weighted by atomic mass is 9.95. The molecule has 0 fully saturated rings. The van der Waals surface area contributed by atoms with Crippen molar-refractivity contribution in [2.24, 2.45) is 5.41 Å². The van der Waals surface area contributed by atoms with Crippen LogP contribution in [0.25, 0.3) is 0 Å². The molecule has 0 atom stereocenters. The highest BCUT2D eigenvalue weighted by molar-refractivity contribution is 7.92. The molecule has 166 valence electrons. The summed E-state index contributed by atoms with van der Waals surface area (Å²) in [7, 11) is -3.64. The van der Waals surface area contributed by atoms with E-state index in [0.29, 0.717) is 17.1 Å². The maximum absolute atomic E-state index is 12.9. The first-order valence-electron chi connectivity index (χ1n) is 9.37. The van der Waals surface area contributed by atoms with Crippen molar-refractivity contribution in [2.75, 3.05) is 26.9 Å². The highest BCUT2D eigenvalue weighted by atomic mass is 32.2. The number of sulfonamides is 1. The van der Waals surface area contributed by atoms with Gasteiger partial charge in [-0.3, -0.25) is 19.1 Å². The van der Waals surface area contributed by atoms with Crippen LogP contribution in [0.2, 0.25) is 0 Å². The third kappa shape index (κ3) is 7.41. The average Bonchev–Trinajstić information content (AvgIpc) is 2.60. The molecule has 10 heteroatoms. The van der Waals surface area contributed by atoms with Crippen LogP contribution in [0.3, 0.4) is 0 Å². The molecule has 3 amide bonds. The lowest BCUT2D eigenvalue weighted by Crippen LogP contribution is -2.27. The van der Waals surface area contributed by atoms with Crippen molar-refractivity contribution < 1.29 is 22.8 Å². The van der Waals surface area contributed by atoms with Crippen LogP contribution in [0.1, 0.15) is 38.1 Å². The lowest BCUT2D eigenvalue weighted by molar-refractivity contribution is -0.123. The number of hydrogen-bond donors (Lipinski definition) is 4. The van der Waals surface area contributed by atoms with E-state index in [1.807, 2.05) is 0 Å². The third-order valence-corrected chi connectivity index (χ3v) is 4.53. The van der Waals surface area contributed by atoms with Crippen LogP contribution in [-0.2, 0) is 19.6 Å². The summed E-state index contributed by atoms with van der Waals surface area (Å²) < 4.78 is 25.6. The fourth-order valence-corrected chi connectivity index (χ4v) is 3.07. The van der Waals surface area contributed by atoms with E-state index in [4.69, 9.17) is 0 Å². The fraction of sp³-hybridized carbons (Fsp3) is 0.286. The van der Waals surface area contributed by atoms with Gasteiger partial charge in [0.25, 0.3) is 5.91 Å². The van der Waals surface area contributed by atoms with Gasteiger partial charge in [-0.15, -0.1) is 0 Å². The zero-order chi connectivity index (χ0) is 23.4. The van der Waals surface area contributed by atoms with Crippen LogP contribution >= 0.6 is 0 Å². The molecule has 0 unspecified atom stereocenters. The van der Waals surface area contributed by atoms with E-state index in [9.17, 15) is 22.8 Å². The Hall–Kier alpha value is -3.40. The van der Waals surface area contributed by atoms with Gasteiger partial charge in [-0.05, 0) is 36.4 Å².